The van der Waals surface area contributed by atoms with Crippen molar-refractivity contribution < 1.29 is 33.0 Å². The summed E-state index contributed by atoms with van der Waals surface area (Å²) in [6.07, 6.45) is 2.95. The van der Waals surface area contributed by atoms with Crippen molar-refractivity contribution in [2.75, 3.05) is 20.3 Å². The van der Waals surface area contributed by atoms with Crippen LogP contribution in [0, 0.1) is 0 Å². The molecule has 0 amide bonds. The molecule has 1 aromatic heterocycles. The summed E-state index contributed by atoms with van der Waals surface area (Å²) < 4.78 is 25.8. The Hall–Kier alpha value is -3.26. The van der Waals surface area contributed by atoms with Crippen LogP contribution in [0.2, 0.25) is 5.02 Å². The number of benzene rings is 1. The summed E-state index contributed by atoms with van der Waals surface area (Å²) in [4.78, 5) is 27.5. The van der Waals surface area contributed by atoms with E-state index in [0.717, 1.165) is 0 Å². The molecule has 0 N–H and O–H groups in total. The Bertz CT molecular complexity index is 947. The largest absolute Gasteiger partial charge is 0.490 e. The minimum Gasteiger partial charge on any atom is -0.490 e. The summed E-state index contributed by atoms with van der Waals surface area (Å²) in [6, 6.07) is 6.46. The predicted molar refractivity (Wildman–Crippen MR) is 99.4 cm³/mol. The van der Waals surface area contributed by atoms with Gasteiger partial charge in [-0.2, -0.15) is 0 Å². The second-order valence-corrected chi connectivity index (χ2v) is 5.85. The van der Waals surface area contributed by atoms with Crippen LogP contribution in [0.15, 0.2) is 45.6 Å². The van der Waals surface area contributed by atoms with Gasteiger partial charge in [0.15, 0.2) is 29.6 Å². The number of furan rings is 1. The van der Waals surface area contributed by atoms with Gasteiger partial charge in [-0.25, -0.2) is 14.6 Å². The van der Waals surface area contributed by atoms with Crippen molar-refractivity contribution in [1.82, 2.24) is 0 Å². The molecule has 146 valence electrons. The number of aliphatic imine (C=N–C) groups is 1. The van der Waals surface area contributed by atoms with E-state index in [4.69, 9.17) is 30.2 Å². The third kappa shape index (κ3) is 4.34. The smallest absolute Gasteiger partial charge is 0.363 e. The number of methoxy groups -OCH3 is 1. The maximum atomic E-state index is 12.1. The van der Waals surface area contributed by atoms with Gasteiger partial charge in [-0.15, -0.1) is 0 Å². The Morgan fingerprint density at radius 2 is 2.14 bits per heavy atom. The molecule has 2 aromatic rings. The van der Waals surface area contributed by atoms with Crippen molar-refractivity contribution in [3.8, 4) is 11.5 Å². The zero-order valence-corrected chi connectivity index (χ0v) is 15.8. The van der Waals surface area contributed by atoms with E-state index in [-0.39, 0.29) is 29.0 Å². The Balaban J connectivity index is 1.91. The molecule has 0 unspecified atom stereocenters. The first kappa shape index (κ1) is 19.5. The molecule has 1 aliphatic heterocycles. The molecule has 9 heteroatoms. The third-order valence-electron chi connectivity index (χ3n) is 3.55. The van der Waals surface area contributed by atoms with Gasteiger partial charge < -0.3 is 23.4 Å². The molecule has 0 radical (unpaired) electrons. The quantitative estimate of drug-likeness (QED) is 0.515. The number of carbonyl (C=O) groups excluding carboxylic acids is 2. The molecule has 0 spiro atoms. The Labute approximate surface area is 165 Å². The van der Waals surface area contributed by atoms with Crippen LogP contribution in [0.4, 0.5) is 0 Å². The van der Waals surface area contributed by atoms with E-state index in [2.05, 4.69) is 9.73 Å². The van der Waals surface area contributed by atoms with Gasteiger partial charge >= 0.3 is 11.9 Å². The molecule has 1 aliphatic rings. The molecule has 0 fully saturated rings. The molecule has 2 heterocycles. The molecule has 0 aliphatic carbocycles. The SMILES string of the molecule is CCOc1cc(C=C2N=C(c3ccco3)OC2=O)cc(Cl)c1OCC(=O)OC. The van der Waals surface area contributed by atoms with Crippen molar-refractivity contribution in [1.29, 1.82) is 0 Å². The lowest BCUT2D eigenvalue weighted by atomic mass is 10.1. The number of cyclic esters (lactones) is 1. The van der Waals surface area contributed by atoms with Gasteiger partial charge in [0, 0.05) is 0 Å². The standard InChI is InChI=1S/C19H16ClNO7/c1-3-25-15-9-11(7-12(20)17(15)27-10-16(22)24-2)8-13-19(23)28-18(21-13)14-5-4-6-26-14/h4-9H,3,10H2,1-2H3. The second-order valence-electron chi connectivity index (χ2n) is 5.44. The van der Waals surface area contributed by atoms with Crippen molar-refractivity contribution in [3.05, 3.63) is 52.6 Å². The minimum absolute atomic E-state index is 0.0770. The van der Waals surface area contributed by atoms with Gasteiger partial charge in [-0.1, -0.05) is 11.6 Å². The first-order chi connectivity index (χ1) is 13.5. The highest BCUT2D eigenvalue weighted by Gasteiger charge is 2.26. The number of halogens is 1. The Kier molecular flexibility index (Phi) is 6.00. The molecule has 8 nitrogen and oxygen atoms in total. The van der Waals surface area contributed by atoms with Crippen LogP contribution < -0.4 is 9.47 Å². The summed E-state index contributed by atoms with van der Waals surface area (Å²) in [7, 11) is 1.25. The van der Waals surface area contributed by atoms with Crippen molar-refractivity contribution in [3.63, 3.8) is 0 Å². The summed E-state index contributed by atoms with van der Waals surface area (Å²) in [6.45, 7) is 1.81. The van der Waals surface area contributed by atoms with Gasteiger partial charge in [-0.3, -0.25) is 0 Å². The van der Waals surface area contributed by atoms with Crippen molar-refractivity contribution in [2.45, 2.75) is 6.92 Å². The van der Waals surface area contributed by atoms with E-state index < -0.39 is 11.9 Å². The number of esters is 2. The fourth-order valence-electron chi connectivity index (χ4n) is 2.34. The van der Waals surface area contributed by atoms with E-state index in [9.17, 15) is 9.59 Å². The number of rotatable bonds is 7. The lowest BCUT2D eigenvalue weighted by Gasteiger charge is -2.13. The van der Waals surface area contributed by atoms with E-state index in [1.54, 1.807) is 31.2 Å². The summed E-state index contributed by atoms with van der Waals surface area (Å²) in [5.74, 6) is -0.242. The first-order valence-electron chi connectivity index (χ1n) is 8.24. The fourth-order valence-corrected chi connectivity index (χ4v) is 2.61. The number of hydrogen-bond acceptors (Lipinski definition) is 8. The topological polar surface area (TPSA) is 96.6 Å². The molecule has 1 aromatic carbocycles. The van der Waals surface area contributed by atoms with E-state index in [0.29, 0.717) is 23.7 Å². The van der Waals surface area contributed by atoms with E-state index in [1.807, 2.05) is 0 Å². The number of nitrogens with zero attached hydrogens (tertiary/aromatic N) is 1. The van der Waals surface area contributed by atoms with Crippen LogP contribution in [0.3, 0.4) is 0 Å². The monoisotopic (exact) mass is 405 g/mol. The molecule has 0 saturated carbocycles. The first-order valence-corrected chi connectivity index (χ1v) is 8.62. The fraction of sp³-hybridized carbons (Fsp3) is 0.211. The molecule has 0 saturated heterocycles. The highest BCUT2D eigenvalue weighted by molar-refractivity contribution is 6.32. The van der Waals surface area contributed by atoms with Gasteiger partial charge in [0.1, 0.15) is 0 Å². The van der Waals surface area contributed by atoms with Gasteiger partial charge in [0.25, 0.3) is 5.90 Å². The molecule has 3 rings (SSSR count). The summed E-state index contributed by atoms with van der Waals surface area (Å²) in [5.41, 5.74) is 0.614. The zero-order valence-electron chi connectivity index (χ0n) is 15.1. The van der Waals surface area contributed by atoms with Gasteiger partial charge in [0.2, 0.25) is 0 Å². The minimum atomic E-state index is -0.619. The number of hydrogen-bond donors (Lipinski definition) is 0. The average Bonchev–Trinajstić information content (AvgIpc) is 3.31. The number of ether oxygens (including phenoxy) is 4. The van der Waals surface area contributed by atoms with Gasteiger partial charge in [-0.05, 0) is 42.8 Å². The molecule has 0 bridgehead atoms. The lowest BCUT2D eigenvalue weighted by Crippen LogP contribution is -2.13. The van der Waals surface area contributed by atoms with Crippen LogP contribution >= 0.6 is 11.6 Å². The van der Waals surface area contributed by atoms with Crippen LogP contribution in [-0.2, 0) is 19.1 Å². The van der Waals surface area contributed by atoms with Crippen LogP contribution in [-0.4, -0.2) is 38.2 Å². The maximum Gasteiger partial charge on any atom is 0.363 e. The Morgan fingerprint density at radius 1 is 1.32 bits per heavy atom. The molecular formula is C19H16ClNO7. The molecule has 28 heavy (non-hydrogen) atoms. The molecule has 0 atom stereocenters. The van der Waals surface area contributed by atoms with Crippen LogP contribution in [0.25, 0.3) is 6.08 Å². The van der Waals surface area contributed by atoms with E-state index >= 15 is 0 Å². The van der Waals surface area contributed by atoms with E-state index in [1.165, 1.54) is 19.4 Å². The van der Waals surface area contributed by atoms with Crippen molar-refractivity contribution in [2.24, 2.45) is 4.99 Å². The van der Waals surface area contributed by atoms with Crippen molar-refractivity contribution >= 4 is 35.5 Å². The average molecular weight is 406 g/mol. The summed E-state index contributed by atoms with van der Waals surface area (Å²) >= 11 is 6.28. The van der Waals surface area contributed by atoms with Crippen LogP contribution in [0.5, 0.6) is 11.5 Å². The predicted octanol–water partition coefficient (Wildman–Crippen LogP) is 3.23. The lowest BCUT2D eigenvalue weighted by molar-refractivity contribution is -0.143. The Morgan fingerprint density at radius 3 is 2.82 bits per heavy atom. The van der Waals surface area contributed by atoms with Gasteiger partial charge in [0.05, 0.1) is 25.0 Å². The third-order valence-corrected chi connectivity index (χ3v) is 3.83. The highest BCUT2D eigenvalue weighted by Crippen LogP contribution is 2.37. The highest BCUT2D eigenvalue weighted by atomic mass is 35.5. The van der Waals surface area contributed by atoms with Crippen LogP contribution in [0.1, 0.15) is 18.2 Å². The second kappa shape index (κ2) is 8.62. The normalized spacial score (nSPS) is 14.6. The number of carbonyl (C=O) groups is 2. The summed E-state index contributed by atoms with van der Waals surface area (Å²) in [5, 5.41) is 0.198. The molecular weight excluding hydrogens is 390 g/mol. The zero-order chi connectivity index (χ0) is 20.1. The maximum absolute atomic E-state index is 12.1.